The van der Waals surface area contributed by atoms with E-state index in [4.69, 9.17) is 4.74 Å². The summed E-state index contributed by atoms with van der Waals surface area (Å²) in [4.78, 5) is 27.4. The minimum atomic E-state index is -3.67. The van der Waals surface area contributed by atoms with E-state index in [1.165, 1.54) is 23.4 Å². The number of nitrogens with one attached hydrogen (secondary N) is 1. The molecule has 35 heavy (non-hydrogen) atoms. The number of benzene rings is 2. The monoisotopic (exact) mass is 499 g/mol. The van der Waals surface area contributed by atoms with Crippen LogP contribution in [-0.2, 0) is 26.0 Å². The van der Waals surface area contributed by atoms with E-state index in [1.807, 2.05) is 31.2 Å². The highest BCUT2D eigenvalue weighted by Gasteiger charge is 2.31. The van der Waals surface area contributed by atoms with E-state index in [1.54, 1.807) is 11.0 Å². The first-order valence-electron chi connectivity index (χ1n) is 12.2. The molecule has 1 saturated heterocycles. The third-order valence-corrected chi connectivity index (χ3v) is 8.57. The molecule has 8 nitrogen and oxygen atoms in total. The molecule has 0 aromatic heterocycles. The highest BCUT2D eigenvalue weighted by molar-refractivity contribution is 7.89. The number of piperidine rings is 1. The van der Waals surface area contributed by atoms with Crippen molar-refractivity contribution in [3.63, 3.8) is 0 Å². The van der Waals surface area contributed by atoms with E-state index in [0.717, 1.165) is 36.8 Å². The molecule has 9 heteroatoms. The van der Waals surface area contributed by atoms with E-state index < -0.39 is 10.0 Å². The van der Waals surface area contributed by atoms with Crippen molar-refractivity contribution in [2.45, 2.75) is 56.9 Å². The molecule has 0 aliphatic carbocycles. The minimum Gasteiger partial charge on any atom is -0.492 e. The van der Waals surface area contributed by atoms with Gasteiger partial charge in [-0.1, -0.05) is 30.7 Å². The molecule has 0 bridgehead atoms. The molecule has 2 heterocycles. The Morgan fingerprint density at radius 3 is 2.51 bits per heavy atom. The van der Waals surface area contributed by atoms with Gasteiger partial charge in [0.2, 0.25) is 21.8 Å². The highest BCUT2D eigenvalue weighted by atomic mass is 32.2. The number of carbonyl (C=O) groups is 2. The quantitative estimate of drug-likeness (QED) is 0.626. The molecule has 4 rings (SSSR count). The van der Waals surface area contributed by atoms with E-state index in [2.05, 4.69) is 5.32 Å². The third-order valence-electron chi connectivity index (χ3n) is 6.67. The Balaban J connectivity index is 1.59. The Kier molecular flexibility index (Phi) is 7.76. The molecule has 2 aromatic rings. The lowest BCUT2D eigenvalue weighted by molar-refractivity contribution is -0.132. The fourth-order valence-corrected chi connectivity index (χ4v) is 6.47. The van der Waals surface area contributed by atoms with Crippen LogP contribution in [0.5, 0.6) is 5.75 Å². The average molecular weight is 500 g/mol. The smallest absolute Gasteiger partial charge is 0.243 e. The van der Waals surface area contributed by atoms with Crippen molar-refractivity contribution in [3.8, 4) is 5.75 Å². The van der Waals surface area contributed by atoms with Crippen molar-refractivity contribution in [1.29, 1.82) is 0 Å². The van der Waals surface area contributed by atoms with Crippen molar-refractivity contribution in [2.75, 3.05) is 31.6 Å². The summed E-state index contributed by atoms with van der Waals surface area (Å²) in [5.41, 5.74) is 2.41. The van der Waals surface area contributed by atoms with Gasteiger partial charge in [-0.05, 0) is 55.5 Å². The fraction of sp³-hybridized carbons (Fsp3) is 0.462. The number of rotatable bonds is 7. The summed E-state index contributed by atoms with van der Waals surface area (Å²) >= 11 is 0. The summed E-state index contributed by atoms with van der Waals surface area (Å²) in [6.45, 7) is 5.26. The van der Waals surface area contributed by atoms with Crippen LogP contribution in [0.15, 0.2) is 47.4 Å². The molecule has 2 amide bonds. The number of anilines is 1. The maximum Gasteiger partial charge on any atom is 0.243 e. The Morgan fingerprint density at radius 1 is 1.06 bits per heavy atom. The molecule has 2 aromatic carbocycles. The van der Waals surface area contributed by atoms with Crippen LogP contribution >= 0.6 is 0 Å². The summed E-state index contributed by atoms with van der Waals surface area (Å²) in [5, 5.41) is 2.86. The molecular formula is C26H33N3O5S. The molecule has 0 saturated carbocycles. The first-order valence-corrected chi connectivity index (χ1v) is 13.7. The third kappa shape index (κ3) is 5.51. The van der Waals surface area contributed by atoms with Crippen LogP contribution < -0.4 is 10.1 Å². The van der Waals surface area contributed by atoms with Gasteiger partial charge in [-0.25, -0.2) is 8.42 Å². The van der Waals surface area contributed by atoms with Crippen LogP contribution in [0.25, 0.3) is 0 Å². The molecular weight excluding hydrogens is 466 g/mol. The second-order valence-electron chi connectivity index (χ2n) is 8.99. The lowest BCUT2D eigenvalue weighted by Crippen LogP contribution is -2.40. The Hall–Kier alpha value is -2.91. The SMILES string of the molecule is CCOc1ccc(S(=O)(=O)N2CCCCC2)cc1NC(=O)CC1c2ccccc2CCN1C(C)=O. The van der Waals surface area contributed by atoms with Gasteiger partial charge < -0.3 is 15.0 Å². The zero-order valence-corrected chi connectivity index (χ0v) is 21.1. The second-order valence-corrected chi connectivity index (χ2v) is 10.9. The van der Waals surface area contributed by atoms with Crippen molar-refractivity contribution >= 4 is 27.5 Å². The lowest BCUT2D eigenvalue weighted by atomic mass is 9.90. The number of nitrogens with zero attached hydrogens (tertiary/aromatic N) is 2. The van der Waals surface area contributed by atoms with Gasteiger partial charge in [-0.15, -0.1) is 0 Å². The number of sulfonamides is 1. The van der Waals surface area contributed by atoms with Gasteiger partial charge >= 0.3 is 0 Å². The van der Waals surface area contributed by atoms with Crippen LogP contribution in [0.3, 0.4) is 0 Å². The number of fused-ring (bicyclic) bond motifs is 1. The summed E-state index contributed by atoms with van der Waals surface area (Å²) in [7, 11) is -3.67. The van der Waals surface area contributed by atoms with Crippen LogP contribution in [0.2, 0.25) is 0 Å². The summed E-state index contributed by atoms with van der Waals surface area (Å²) in [6, 6.07) is 12.1. The van der Waals surface area contributed by atoms with E-state index in [-0.39, 0.29) is 29.2 Å². The predicted molar refractivity (Wildman–Crippen MR) is 134 cm³/mol. The number of hydrogen-bond donors (Lipinski definition) is 1. The Labute approximate surface area is 207 Å². The summed E-state index contributed by atoms with van der Waals surface area (Å²) in [5.74, 6) is 0.0132. The first kappa shape index (κ1) is 25.2. The van der Waals surface area contributed by atoms with E-state index >= 15 is 0 Å². The predicted octanol–water partition coefficient (Wildman–Crippen LogP) is 3.73. The minimum absolute atomic E-state index is 0.0608. The average Bonchev–Trinajstić information content (AvgIpc) is 2.85. The van der Waals surface area contributed by atoms with Gasteiger partial charge in [0.05, 0.1) is 29.7 Å². The van der Waals surface area contributed by atoms with Crippen molar-refractivity contribution < 1.29 is 22.7 Å². The Bertz CT molecular complexity index is 1190. The Morgan fingerprint density at radius 2 is 1.80 bits per heavy atom. The number of amides is 2. The van der Waals surface area contributed by atoms with Crippen molar-refractivity contribution in [1.82, 2.24) is 9.21 Å². The number of hydrogen-bond acceptors (Lipinski definition) is 5. The van der Waals surface area contributed by atoms with Crippen molar-refractivity contribution in [2.24, 2.45) is 0 Å². The second kappa shape index (κ2) is 10.8. The van der Waals surface area contributed by atoms with Gasteiger partial charge in [-0.2, -0.15) is 4.31 Å². The van der Waals surface area contributed by atoms with Crippen molar-refractivity contribution in [3.05, 3.63) is 53.6 Å². The van der Waals surface area contributed by atoms with Crippen LogP contribution in [-0.4, -0.2) is 55.7 Å². The molecule has 188 valence electrons. The molecule has 1 unspecified atom stereocenters. The fourth-order valence-electron chi connectivity index (χ4n) is 4.93. The molecule has 1 N–H and O–H groups in total. The molecule has 2 aliphatic rings. The highest BCUT2D eigenvalue weighted by Crippen LogP contribution is 2.34. The zero-order chi connectivity index (χ0) is 25.0. The van der Waals surface area contributed by atoms with Gasteiger partial charge in [0.25, 0.3) is 0 Å². The zero-order valence-electron chi connectivity index (χ0n) is 20.3. The van der Waals surface area contributed by atoms with Gasteiger partial charge in [0.15, 0.2) is 0 Å². The standard InChI is InChI=1S/C26H33N3O5S/c1-3-34-25-12-11-21(35(32,33)28-14-7-4-8-15-28)17-23(25)27-26(31)18-24-22-10-6-5-9-20(22)13-16-29(24)19(2)30/h5-6,9-12,17,24H,3-4,7-8,13-16,18H2,1-2H3,(H,27,31). The summed E-state index contributed by atoms with van der Waals surface area (Å²) < 4.78 is 33.6. The normalized spacial score (nSPS) is 18.6. The number of ether oxygens (including phenoxy) is 1. The summed E-state index contributed by atoms with van der Waals surface area (Å²) in [6.07, 6.45) is 3.52. The van der Waals surface area contributed by atoms with Crippen LogP contribution in [0.4, 0.5) is 5.69 Å². The van der Waals surface area contributed by atoms with Gasteiger partial charge in [-0.3, -0.25) is 9.59 Å². The lowest BCUT2D eigenvalue weighted by Gasteiger charge is -2.36. The molecule has 1 fully saturated rings. The van der Waals surface area contributed by atoms with Crippen LogP contribution in [0, 0.1) is 0 Å². The van der Waals surface area contributed by atoms with E-state index in [0.29, 0.717) is 37.7 Å². The first-order chi connectivity index (χ1) is 16.8. The molecule has 2 aliphatic heterocycles. The molecule has 0 spiro atoms. The van der Waals surface area contributed by atoms with Crippen LogP contribution in [0.1, 0.15) is 56.7 Å². The van der Waals surface area contributed by atoms with Gasteiger partial charge in [0, 0.05) is 26.6 Å². The van der Waals surface area contributed by atoms with Gasteiger partial charge in [0.1, 0.15) is 5.75 Å². The maximum absolute atomic E-state index is 13.2. The largest absolute Gasteiger partial charge is 0.492 e. The number of carbonyl (C=O) groups excluding carboxylic acids is 2. The van der Waals surface area contributed by atoms with E-state index in [9.17, 15) is 18.0 Å². The molecule has 0 radical (unpaired) electrons. The topological polar surface area (TPSA) is 96.0 Å². The molecule has 1 atom stereocenters. The maximum atomic E-state index is 13.2.